The van der Waals surface area contributed by atoms with Crippen molar-refractivity contribution in [3.8, 4) is 0 Å². The number of aromatic nitrogens is 3. The SMILES string of the molecule is CN(C)c1cccc(NN2C=Cc3cc4nn5c(c4nc3=C2)=CN=CC5)c1. The van der Waals surface area contributed by atoms with Crippen LogP contribution in [0.25, 0.3) is 29.5 Å². The van der Waals surface area contributed by atoms with Crippen LogP contribution in [0.4, 0.5) is 11.4 Å². The van der Waals surface area contributed by atoms with E-state index >= 15 is 0 Å². The van der Waals surface area contributed by atoms with Crippen LogP contribution in [0.3, 0.4) is 0 Å². The Morgan fingerprint density at radius 1 is 1.19 bits per heavy atom. The minimum absolute atomic E-state index is 0.683. The molecule has 0 aliphatic carbocycles. The largest absolute Gasteiger partial charge is 0.378 e. The number of benzene rings is 1. The summed E-state index contributed by atoms with van der Waals surface area (Å²) in [6.07, 6.45) is 9.69. The summed E-state index contributed by atoms with van der Waals surface area (Å²) in [5, 5.41) is 8.41. The average molecular weight is 357 g/mol. The predicted octanol–water partition coefficient (Wildman–Crippen LogP) is 1.37. The quantitative estimate of drug-likeness (QED) is 0.767. The Morgan fingerprint density at radius 3 is 3.00 bits per heavy atom. The molecule has 0 atom stereocenters. The third-order valence-corrected chi connectivity index (χ3v) is 4.67. The normalized spacial score (nSPS) is 14.4. The number of pyridine rings is 1. The van der Waals surface area contributed by atoms with Crippen LogP contribution >= 0.6 is 0 Å². The number of fused-ring (bicyclic) bond motifs is 4. The van der Waals surface area contributed by atoms with Crippen molar-refractivity contribution in [1.82, 2.24) is 19.8 Å². The Labute approximate surface area is 156 Å². The number of aliphatic imine (C=N–C) groups is 1. The maximum absolute atomic E-state index is 4.84. The highest BCUT2D eigenvalue weighted by molar-refractivity contribution is 5.80. The lowest BCUT2D eigenvalue weighted by Gasteiger charge is -2.22. The van der Waals surface area contributed by atoms with Gasteiger partial charge in [-0.05, 0) is 30.3 Å². The van der Waals surface area contributed by atoms with Gasteiger partial charge in [0.05, 0.1) is 30.0 Å². The Hall–Kier alpha value is -3.61. The Balaban J connectivity index is 1.53. The highest BCUT2D eigenvalue weighted by Gasteiger charge is 2.12. The van der Waals surface area contributed by atoms with Crippen molar-refractivity contribution in [3.63, 3.8) is 0 Å². The minimum atomic E-state index is 0.683. The monoisotopic (exact) mass is 357 g/mol. The maximum Gasteiger partial charge on any atom is 0.118 e. The molecule has 0 unspecified atom stereocenters. The van der Waals surface area contributed by atoms with E-state index in [1.165, 1.54) is 0 Å². The molecule has 0 saturated heterocycles. The summed E-state index contributed by atoms with van der Waals surface area (Å²) < 4.78 is 1.93. The molecule has 0 amide bonds. The third-order valence-electron chi connectivity index (χ3n) is 4.67. The molecule has 2 aromatic heterocycles. The number of hydrogen-bond acceptors (Lipinski definition) is 6. The molecule has 134 valence electrons. The van der Waals surface area contributed by atoms with Gasteiger partial charge in [-0.15, -0.1) is 0 Å². The van der Waals surface area contributed by atoms with Gasteiger partial charge in [0.1, 0.15) is 16.4 Å². The number of nitrogens with one attached hydrogen (secondary N) is 1. The van der Waals surface area contributed by atoms with Crippen LogP contribution in [0.5, 0.6) is 0 Å². The van der Waals surface area contributed by atoms with E-state index in [2.05, 4.69) is 38.6 Å². The average Bonchev–Trinajstić information content (AvgIpc) is 3.04. The van der Waals surface area contributed by atoms with Crippen molar-refractivity contribution in [2.24, 2.45) is 4.99 Å². The Kier molecular flexibility index (Phi) is 3.46. The number of hydrazine groups is 1. The lowest BCUT2D eigenvalue weighted by molar-refractivity contribution is 0.661. The van der Waals surface area contributed by atoms with Gasteiger partial charge in [0, 0.05) is 37.8 Å². The Bertz CT molecular complexity index is 1220. The molecule has 0 fully saturated rings. The molecule has 5 rings (SSSR count). The minimum Gasteiger partial charge on any atom is -0.378 e. The van der Waals surface area contributed by atoms with Crippen molar-refractivity contribution in [3.05, 3.63) is 52.8 Å². The molecule has 0 bridgehead atoms. The van der Waals surface area contributed by atoms with E-state index in [0.717, 1.165) is 38.7 Å². The summed E-state index contributed by atoms with van der Waals surface area (Å²) >= 11 is 0. The molecule has 7 nitrogen and oxygen atoms in total. The second-order valence-electron chi connectivity index (χ2n) is 6.77. The van der Waals surface area contributed by atoms with Crippen LogP contribution in [0, 0.1) is 0 Å². The van der Waals surface area contributed by atoms with Gasteiger partial charge in [-0.1, -0.05) is 6.07 Å². The van der Waals surface area contributed by atoms with Crippen LogP contribution < -0.4 is 21.0 Å². The fraction of sp³-hybridized carbons (Fsp3) is 0.150. The van der Waals surface area contributed by atoms with Gasteiger partial charge >= 0.3 is 0 Å². The fourth-order valence-electron chi connectivity index (χ4n) is 3.26. The molecule has 4 heterocycles. The molecule has 1 N–H and O–H groups in total. The molecular weight excluding hydrogens is 338 g/mol. The Morgan fingerprint density at radius 2 is 2.11 bits per heavy atom. The van der Waals surface area contributed by atoms with Crippen LogP contribution in [0.15, 0.2) is 41.5 Å². The van der Waals surface area contributed by atoms with E-state index in [9.17, 15) is 0 Å². The number of nitrogens with zero attached hydrogens (tertiary/aromatic N) is 6. The van der Waals surface area contributed by atoms with Gasteiger partial charge in [0.2, 0.25) is 0 Å². The number of hydrogen-bond donors (Lipinski definition) is 1. The number of anilines is 2. The van der Waals surface area contributed by atoms with Gasteiger partial charge in [0.25, 0.3) is 0 Å². The van der Waals surface area contributed by atoms with Crippen molar-refractivity contribution >= 4 is 47.1 Å². The summed E-state index contributed by atoms with van der Waals surface area (Å²) in [5.41, 5.74) is 8.38. The van der Waals surface area contributed by atoms with Crippen molar-refractivity contribution in [2.75, 3.05) is 24.4 Å². The molecule has 0 spiro atoms. The molecule has 0 radical (unpaired) electrons. The van der Waals surface area contributed by atoms with Gasteiger partial charge < -0.3 is 4.90 Å². The summed E-state index contributed by atoms with van der Waals surface area (Å²) in [6, 6.07) is 10.3. The number of rotatable bonds is 3. The lowest BCUT2D eigenvalue weighted by atomic mass is 10.2. The lowest BCUT2D eigenvalue weighted by Crippen LogP contribution is -2.28. The smallest absolute Gasteiger partial charge is 0.118 e. The summed E-state index contributed by atoms with van der Waals surface area (Å²) in [6.45, 7) is 0.683. The second-order valence-corrected chi connectivity index (χ2v) is 6.77. The predicted molar refractivity (Wildman–Crippen MR) is 109 cm³/mol. The van der Waals surface area contributed by atoms with Crippen LogP contribution in [-0.2, 0) is 6.54 Å². The first kappa shape index (κ1) is 15.6. The second kappa shape index (κ2) is 5.98. The standard InChI is InChI=1S/C20H19N7/c1-25(2)16-5-3-4-15(11-16)23-26-8-6-14-10-17-20(22-18(14)13-26)19-12-21-7-9-27(19)24-17/h3-8,10-13,23H,9H2,1-2H3. The van der Waals surface area contributed by atoms with Crippen molar-refractivity contribution in [2.45, 2.75) is 6.54 Å². The van der Waals surface area contributed by atoms with E-state index in [1.807, 2.05) is 66.8 Å². The van der Waals surface area contributed by atoms with Gasteiger partial charge in [-0.25, -0.2) is 4.98 Å². The van der Waals surface area contributed by atoms with Crippen molar-refractivity contribution in [1.29, 1.82) is 0 Å². The molecule has 7 heteroatoms. The van der Waals surface area contributed by atoms with E-state index in [1.54, 1.807) is 0 Å². The van der Waals surface area contributed by atoms with Crippen LogP contribution in [-0.4, -0.2) is 40.1 Å². The molecule has 2 aliphatic heterocycles. The zero-order valence-electron chi connectivity index (χ0n) is 15.2. The van der Waals surface area contributed by atoms with E-state index in [-0.39, 0.29) is 0 Å². The third kappa shape index (κ3) is 2.73. The molecule has 3 aromatic rings. The summed E-state index contributed by atoms with van der Waals surface area (Å²) in [4.78, 5) is 11.2. The van der Waals surface area contributed by atoms with E-state index < -0.39 is 0 Å². The van der Waals surface area contributed by atoms with E-state index in [4.69, 9.17) is 4.98 Å². The molecule has 1 aromatic carbocycles. The first-order valence-electron chi connectivity index (χ1n) is 8.79. The molecule has 0 saturated carbocycles. The highest BCUT2D eigenvalue weighted by Crippen LogP contribution is 2.19. The highest BCUT2D eigenvalue weighted by atomic mass is 15.5. The molecular formula is C20H19N7. The first-order valence-corrected chi connectivity index (χ1v) is 8.79. The van der Waals surface area contributed by atoms with Crippen molar-refractivity contribution < 1.29 is 0 Å². The van der Waals surface area contributed by atoms with Crippen LogP contribution in [0.1, 0.15) is 5.56 Å². The summed E-state index contributed by atoms with van der Waals surface area (Å²) in [7, 11) is 4.07. The van der Waals surface area contributed by atoms with Gasteiger partial charge in [-0.3, -0.25) is 20.1 Å². The topological polar surface area (TPSA) is 61.6 Å². The molecule has 27 heavy (non-hydrogen) atoms. The maximum atomic E-state index is 4.84. The first-order chi connectivity index (χ1) is 13.2. The van der Waals surface area contributed by atoms with Gasteiger partial charge in [-0.2, -0.15) is 5.10 Å². The van der Waals surface area contributed by atoms with Crippen LogP contribution in [0.2, 0.25) is 0 Å². The fourth-order valence-corrected chi connectivity index (χ4v) is 3.26. The van der Waals surface area contributed by atoms with Gasteiger partial charge in [0.15, 0.2) is 0 Å². The zero-order chi connectivity index (χ0) is 18.4. The molecule has 2 aliphatic rings. The zero-order valence-corrected chi connectivity index (χ0v) is 15.2. The summed E-state index contributed by atoms with van der Waals surface area (Å²) in [5.74, 6) is 0. The van der Waals surface area contributed by atoms with E-state index in [0.29, 0.717) is 6.54 Å².